The molecule has 3 aromatic rings. The van der Waals surface area contributed by atoms with Crippen LogP contribution in [0.1, 0.15) is 12.0 Å². The number of amides is 1. The van der Waals surface area contributed by atoms with E-state index in [4.69, 9.17) is 9.47 Å². The molecule has 0 unspecified atom stereocenters. The number of benzene rings is 3. The summed E-state index contributed by atoms with van der Waals surface area (Å²) in [6.07, 6.45) is 0.347. The lowest BCUT2D eigenvalue weighted by molar-refractivity contribution is -0.115. The molecule has 144 valence electrons. The first kappa shape index (κ1) is 19.3. The van der Waals surface area contributed by atoms with Crippen LogP contribution in [0, 0.1) is 6.92 Å². The molecule has 3 rings (SSSR count). The van der Waals surface area contributed by atoms with Crippen LogP contribution in [-0.2, 0) is 4.79 Å². The molecule has 2 N–H and O–H groups in total. The van der Waals surface area contributed by atoms with Gasteiger partial charge in [-0.3, -0.25) is 4.79 Å². The van der Waals surface area contributed by atoms with Gasteiger partial charge in [-0.1, -0.05) is 24.3 Å². The highest BCUT2D eigenvalue weighted by molar-refractivity contribution is 5.91. The Morgan fingerprint density at radius 1 is 0.929 bits per heavy atom. The first-order valence-electron chi connectivity index (χ1n) is 9.15. The number of carbonyl (C=O) groups is 1. The standard InChI is InChI=1S/C23H24N2O3/c1-17-8-13-22(27-2)21(16-17)24-15-14-23(26)25-18-9-11-20(12-10-18)28-19-6-4-3-5-7-19/h3-13,16,24H,14-15H2,1-2H3,(H,25,26). The van der Waals surface area contributed by atoms with E-state index in [2.05, 4.69) is 10.6 Å². The van der Waals surface area contributed by atoms with Gasteiger partial charge >= 0.3 is 0 Å². The molecule has 0 aliphatic carbocycles. The van der Waals surface area contributed by atoms with Crippen LogP contribution >= 0.6 is 0 Å². The minimum atomic E-state index is -0.0594. The number of hydrogen-bond acceptors (Lipinski definition) is 4. The third-order valence-corrected chi connectivity index (χ3v) is 4.14. The van der Waals surface area contributed by atoms with Crippen molar-refractivity contribution in [3.63, 3.8) is 0 Å². The first-order valence-corrected chi connectivity index (χ1v) is 9.15. The lowest BCUT2D eigenvalue weighted by Crippen LogP contribution is -2.16. The molecule has 0 saturated heterocycles. The Balaban J connectivity index is 1.48. The Bertz CT molecular complexity index is 909. The van der Waals surface area contributed by atoms with Gasteiger partial charge in [-0.2, -0.15) is 0 Å². The van der Waals surface area contributed by atoms with Gasteiger partial charge in [-0.05, 0) is 61.0 Å². The number of rotatable bonds is 8. The molecule has 0 aliphatic rings. The van der Waals surface area contributed by atoms with Crippen molar-refractivity contribution >= 4 is 17.3 Å². The molecule has 0 fully saturated rings. The second kappa shape index (κ2) is 9.46. The number of hydrogen-bond donors (Lipinski definition) is 2. The largest absolute Gasteiger partial charge is 0.495 e. The molecule has 0 radical (unpaired) electrons. The molecule has 28 heavy (non-hydrogen) atoms. The van der Waals surface area contributed by atoms with E-state index in [1.165, 1.54) is 0 Å². The van der Waals surface area contributed by atoms with Crippen molar-refractivity contribution in [2.45, 2.75) is 13.3 Å². The van der Waals surface area contributed by atoms with Crippen molar-refractivity contribution in [3.8, 4) is 17.2 Å². The second-order valence-corrected chi connectivity index (χ2v) is 6.37. The lowest BCUT2D eigenvalue weighted by Gasteiger charge is -2.12. The molecule has 1 amide bonds. The van der Waals surface area contributed by atoms with Crippen molar-refractivity contribution < 1.29 is 14.3 Å². The number of carbonyl (C=O) groups excluding carboxylic acids is 1. The molecule has 0 aromatic heterocycles. The monoisotopic (exact) mass is 376 g/mol. The van der Waals surface area contributed by atoms with Crippen LogP contribution in [0.5, 0.6) is 17.2 Å². The first-order chi connectivity index (χ1) is 13.6. The summed E-state index contributed by atoms with van der Waals surface area (Å²) in [6, 6.07) is 22.8. The van der Waals surface area contributed by atoms with Gasteiger partial charge in [0.05, 0.1) is 12.8 Å². The third kappa shape index (κ3) is 5.51. The van der Waals surface area contributed by atoms with Crippen LogP contribution in [0.25, 0.3) is 0 Å². The normalized spacial score (nSPS) is 10.2. The molecule has 0 spiro atoms. The smallest absolute Gasteiger partial charge is 0.226 e. The summed E-state index contributed by atoms with van der Waals surface area (Å²) in [5, 5.41) is 6.15. The Kier molecular flexibility index (Phi) is 6.52. The van der Waals surface area contributed by atoms with Crippen molar-refractivity contribution in [2.75, 3.05) is 24.3 Å². The molecular formula is C23H24N2O3. The zero-order valence-electron chi connectivity index (χ0n) is 16.1. The van der Waals surface area contributed by atoms with E-state index in [1.54, 1.807) is 7.11 Å². The van der Waals surface area contributed by atoms with E-state index in [-0.39, 0.29) is 5.91 Å². The van der Waals surface area contributed by atoms with Crippen LogP contribution in [0.4, 0.5) is 11.4 Å². The van der Waals surface area contributed by atoms with Gasteiger partial charge in [0.15, 0.2) is 0 Å². The molecule has 0 saturated carbocycles. The van der Waals surface area contributed by atoms with Gasteiger partial charge in [0.2, 0.25) is 5.91 Å². The minimum Gasteiger partial charge on any atom is -0.495 e. The Morgan fingerprint density at radius 2 is 1.64 bits per heavy atom. The van der Waals surface area contributed by atoms with E-state index < -0.39 is 0 Å². The van der Waals surface area contributed by atoms with Crippen LogP contribution in [0.2, 0.25) is 0 Å². The Morgan fingerprint density at radius 3 is 2.36 bits per heavy atom. The third-order valence-electron chi connectivity index (χ3n) is 4.14. The zero-order chi connectivity index (χ0) is 19.8. The van der Waals surface area contributed by atoms with Gasteiger partial charge in [-0.25, -0.2) is 0 Å². The maximum absolute atomic E-state index is 12.2. The van der Waals surface area contributed by atoms with E-state index in [0.717, 1.165) is 34.2 Å². The number of para-hydroxylation sites is 1. The van der Waals surface area contributed by atoms with Crippen molar-refractivity contribution in [1.82, 2.24) is 0 Å². The molecule has 3 aromatic carbocycles. The summed E-state index contributed by atoms with van der Waals surface area (Å²) in [5.41, 5.74) is 2.75. The molecule has 0 bridgehead atoms. The summed E-state index contributed by atoms with van der Waals surface area (Å²) in [6.45, 7) is 2.53. The maximum atomic E-state index is 12.2. The molecule has 0 atom stereocenters. The highest BCUT2D eigenvalue weighted by Crippen LogP contribution is 2.25. The Hall–Kier alpha value is -3.47. The van der Waals surface area contributed by atoms with Crippen molar-refractivity contribution in [2.24, 2.45) is 0 Å². The number of methoxy groups -OCH3 is 1. The van der Waals surface area contributed by atoms with Crippen molar-refractivity contribution in [3.05, 3.63) is 78.4 Å². The summed E-state index contributed by atoms with van der Waals surface area (Å²) in [7, 11) is 1.63. The molecule has 5 heteroatoms. The zero-order valence-corrected chi connectivity index (χ0v) is 16.1. The quantitative estimate of drug-likeness (QED) is 0.565. The van der Waals surface area contributed by atoms with Crippen LogP contribution < -0.4 is 20.1 Å². The summed E-state index contributed by atoms with van der Waals surface area (Å²) < 4.78 is 11.1. The van der Waals surface area contributed by atoms with Gasteiger partial charge in [-0.15, -0.1) is 0 Å². The molecule has 0 aliphatic heterocycles. The van der Waals surface area contributed by atoms with Gasteiger partial charge in [0, 0.05) is 18.7 Å². The van der Waals surface area contributed by atoms with Crippen LogP contribution in [0.3, 0.4) is 0 Å². The minimum absolute atomic E-state index is 0.0594. The number of anilines is 2. The highest BCUT2D eigenvalue weighted by atomic mass is 16.5. The number of aryl methyl sites for hydroxylation is 1. The molecule has 0 heterocycles. The van der Waals surface area contributed by atoms with E-state index in [9.17, 15) is 4.79 Å². The van der Waals surface area contributed by atoms with Crippen molar-refractivity contribution in [1.29, 1.82) is 0 Å². The topological polar surface area (TPSA) is 59.6 Å². The predicted octanol–water partition coefficient (Wildman–Crippen LogP) is 5.24. The Labute approximate surface area is 165 Å². The second-order valence-electron chi connectivity index (χ2n) is 6.37. The fourth-order valence-electron chi connectivity index (χ4n) is 2.73. The summed E-state index contributed by atoms with van der Waals surface area (Å²) in [5.74, 6) is 2.20. The van der Waals surface area contributed by atoms with Crippen LogP contribution in [0.15, 0.2) is 72.8 Å². The highest BCUT2D eigenvalue weighted by Gasteiger charge is 2.06. The molecule has 5 nitrogen and oxygen atoms in total. The van der Waals surface area contributed by atoms with Gasteiger partial charge in [0.25, 0.3) is 0 Å². The SMILES string of the molecule is COc1ccc(C)cc1NCCC(=O)Nc1ccc(Oc2ccccc2)cc1. The number of nitrogens with one attached hydrogen (secondary N) is 2. The van der Waals surface area contributed by atoms with Crippen LogP contribution in [-0.4, -0.2) is 19.6 Å². The summed E-state index contributed by atoms with van der Waals surface area (Å²) >= 11 is 0. The van der Waals surface area contributed by atoms with E-state index in [0.29, 0.717) is 13.0 Å². The van der Waals surface area contributed by atoms with E-state index >= 15 is 0 Å². The average molecular weight is 376 g/mol. The fourth-order valence-corrected chi connectivity index (χ4v) is 2.73. The predicted molar refractivity (Wildman–Crippen MR) is 112 cm³/mol. The lowest BCUT2D eigenvalue weighted by atomic mass is 10.2. The number of ether oxygens (including phenoxy) is 2. The van der Waals surface area contributed by atoms with Gasteiger partial charge < -0.3 is 20.1 Å². The fraction of sp³-hybridized carbons (Fsp3) is 0.174. The van der Waals surface area contributed by atoms with Gasteiger partial charge in [0.1, 0.15) is 17.2 Å². The average Bonchev–Trinajstić information content (AvgIpc) is 2.70. The summed E-state index contributed by atoms with van der Waals surface area (Å²) in [4.78, 5) is 12.2. The maximum Gasteiger partial charge on any atom is 0.226 e. The molecular weight excluding hydrogens is 352 g/mol. The van der Waals surface area contributed by atoms with E-state index in [1.807, 2.05) is 79.7 Å².